The molecule has 5 nitrogen and oxygen atoms in total. The zero-order valence-electron chi connectivity index (χ0n) is 21.6. The zero-order chi connectivity index (χ0) is 26.0. The molecule has 3 rings (SSSR count). The maximum absolute atomic E-state index is 12.5. The van der Waals surface area contributed by atoms with Gasteiger partial charge in [-0.25, -0.2) is 0 Å². The summed E-state index contributed by atoms with van der Waals surface area (Å²) in [6.07, 6.45) is 0.629. The summed E-state index contributed by atoms with van der Waals surface area (Å²) in [5.74, 6) is -0.689. The molecule has 0 N–H and O–H groups in total. The normalized spacial score (nSPS) is 11.5. The summed E-state index contributed by atoms with van der Waals surface area (Å²) in [5.41, 5.74) is 0.742. The minimum Gasteiger partial charge on any atom is -0.465 e. The van der Waals surface area contributed by atoms with Gasteiger partial charge in [0.1, 0.15) is 0 Å². The van der Waals surface area contributed by atoms with Crippen LogP contribution in [0.4, 0.5) is 0 Å². The summed E-state index contributed by atoms with van der Waals surface area (Å²) < 4.78 is 10.5. The van der Waals surface area contributed by atoms with Crippen LogP contribution >= 0.6 is 0 Å². The van der Waals surface area contributed by atoms with Gasteiger partial charge in [0.25, 0.3) is 0 Å². The first-order valence-electron chi connectivity index (χ1n) is 12.3. The average Bonchev–Trinajstić information content (AvgIpc) is 2.86. The maximum Gasteiger partial charge on any atom is 0.320 e. The largest absolute Gasteiger partial charge is 0.465 e. The lowest BCUT2D eigenvalue weighted by atomic mass is 10.1. The van der Waals surface area contributed by atoms with Crippen molar-refractivity contribution >= 4 is 22.8 Å². The van der Waals surface area contributed by atoms with Crippen LogP contribution in [-0.4, -0.2) is 48.7 Å². The van der Waals surface area contributed by atoms with Gasteiger partial charge < -0.3 is 9.47 Å². The monoisotopic (exact) mass is 506 g/mol. The molecule has 3 aromatic carbocycles. The Morgan fingerprint density at radius 2 is 1.19 bits per heavy atom. The standard InChI is InChI=1S/C30H36NO4S/c1-5-34-28(32)22-31(30(2,3)4)23-29(33)35-21-20-24-16-18-27(19-17-24)36(25-12-8-6-9-13-25)26-14-10-7-11-15-26/h6-19H,5,20-23H2,1-4H3/q+1. The molecule has 6 heteroatoms. The van der Waals surface area contributed by atoms with E-state index in [4.69, 9.17) is 9.47 Å². The van der Waals surface area contributed by atoms with E-state index in [0.717, 1.165) is 5.56 Å². The summed E-state index contributed by atoms with van der Waals surface area (Å²) in [5, 5.41) is 0. The number of hydrogen-bond acceptors (Lipinski definition) is 5. The Kier molecular flexibility index (Phi) is 10.1. The lowest BCUT2D eigenvalue weighted by molar-refractivity contribution is -0.150. The first-order valence-corrected chi connectivity index (χ1v) is 13.5. The topological polar surface area (TPSA) is 55.8 Å². The second-order valence-electron chi connectivity index (χ2n) is 9.38. The third-order valence-corrected chi connectivity index (χ3v) is 7.90. The van der Waals surface area contributed by atoms with E-state index in [1.54, 1.807) is 11.8 Å². The summed E-state index contributed by atoms with van der Waals surface area (Å²) >= 11 is 0. The van der Waals surface area contributed by atoms with Crippen LogP contribution in [0.25, 0.3) is 0 Å². The van der Waals surface area contributed by atoms with E-state index >= 15 is 0 Å². The zero-order valence-corrected chi connectivity index (χ0v) is 22.4. The van der Waals surface area contributed by atoms with Crippen LogP contribution in [0.5, 0.6) is 0 Å². The van der Waals surface area contributed by atoms with Gasteiger partial charge in [-0.05, 0) is 69.7 Å². The minimum absolute atomic E-state index is 0.0399. The van der Waals surface area contributed by atoms with Crippen molar-refractivity contribution in [3.05, 3.63) is 90.5 Å². The second-order valence-corrected chi connectivity index (χ2v) is 11.4. The van der Waals surface area contributed by atoms with Crippen LogP contribution in [0.2, 0.25) is 0 Å². The molecule has 36 heavy (non-hydrogen) atoms. The number of carbonyl (C=O) groups is 2. The van der Waals surface area contributed by atoms with Gasteiger partial charge in [-0.2, -0.15) is 0 Å². The molecule has 3 aromatic rings. The lowest BCUT2D eigenvalue weighted by Crippen LogP contribution is -2.47. The molecule has 0 unspecified atom stereocenters. The minimum atomic E-state index is -0.365. The molecule has 0 radical (unpaired) electrons. The van der Waals surface area contributed by atoms with Gasteiger partial charge in [-0.1, -0.05) is 48.5 Å². The number of nitrogens with zero attached hydrogens (tertiary/aromatic N) is 1. The molecule has 0 atom stereocenters. The Balaban J connectivity index is 1.59. The predicted octanol–water partition coefficient (Wildman–Crippen LogP) is 5.53. The highest BCUT2D eigenvalue weighted by Crippen LogP contribution is 2.31. The summed E-state index contributed by atoms with van der Waals surface area (Å²) in [6, 6.07) is 29.6. The Bertz CT molecular complexity index is 1060. The highest BCUT2D eigenvalue weighted by molar-refractivity contribution is 7.97. The van der Waals surface area contributed by atoms with E-state index in [-0.39, 0.29) is 41.5 Å². The molecule has 0 aliphatic carbocycles. The first-order chi connectivity index (χ1) is 17.3. The Morgan fingerprint density at radius 3 is 1.67 bits per heavy atom. The molecule has 0 aromatic heterocycles. The van der Waals surface area contributed by atoms with Crippen molar-refractivity contribution in [3.63, 3.8) is 0 Å². The molecule has 0 saturated carbocycles. The van der Waals surface area contributed by atoms with Crippen LogP contribution in [0.15, 0.2) is 99.6 Å². The number of rotatable bonds is 11. The molecule has 0 saturated heterocycles. The van der Waals surface area contributed by atoms with Crippen LogP contribution in [0, 0.1) is 0 Å². The number of ether oxygens (including phenoxy) is 2. The van der Waals surface area contributed by atoms with Crippen molar-refractivity contribution in [2.24, 2.45) is 0 Å². The lowest BCUT2D eigenvalue weighted by Gasteiger charge is -2.33. The summed E-state index contributed by atoms with van der Waals surface area (Å²) in [4.78, 5) is 30.0. The molecule has 0 bridgehead atoms. The maximum atomic E-state index is 12.5. The molecule has 190 valence electrons. The third-order valence-electron chi connectivity index (χ3n) is 5.66. The van der Waals surface area contributed by atoms with Crippen LogP contribution in [-0.2, 0) is 36.4 Å². The molecule has 0 fully saturated rings. The molecule has 0 aliphatic rings. The summed E-state index contributed by atoms with van der Waals surface area (Å²) in [6.45, 7) is 8.34. The molecular weight excluding hydrogens is 470 g/mol. The Labute approximate surface area is 217 Å². The van der Waals surface area contributed by atoms with E-state index in [1.807, 2.05) is 32.9 Å². The van der Waals surface area contributed by atoms with Crippen LogP contribution < -0.4 is 0 Å². The van der Waals surface area contributed by atoms with Crippen molar-refractivity contribution in [3.8, 4) is 0 Å². The van der Waals surface area contributed by atoms with E-state index < -0.39 is 0 Å². The second kappa shape index (κ2) is 13.3. The van der Waals surface area contributed by atoms with Gasteiger partial charge >= 0.3 is 11.9 Å². The van der Waals surface area contributed by atoms with Gasteiger partial charge in [-0.15, -0.1) is 0 Å². The smallest absolute Gasteiger partial charge is 0.320 e. The first kappa shape index (κ1) is 27.5. The number of carbonyl (C=O) groups excluding carboxylic acids is 2. The van der Waals surface area contributed by atoms with E-state index in [0.29, 0.717) is 19.6 Å². The fourth-order valence-electron chi connectivity index (χ4n) is 3.69. The quantitative estimate of drug-likeness (QED) is 0.253. The van der Waals surface area contributed by atoms with Gasteiger partial charge in [-0.3, -0.25) is 14.5 Å². The fourth-order valence-corrected chi connectivity index (χ4v) is 5.77. The predicted molar refractivity (Wildman–Crippen MR) is 144 cm³/mol. The van der Waals surface area contributed by atoms with Crippen molar-refractivity contribution in [1.82, 2.24) is 4.90 Å². The molecule has 0 amide bonds. The molecule has 0 heterocycles. The van der Waals surface area contributed by atoms with Crippen molar-refractivity contribution in [1.29, 1.82) is 0 Å². The van der Waals surface area contributed by atoms with E-state index in [9.17, 15) is 9.59 Å². The number of esters is 2. The molecule has 0 aliphatic heterocycles. The van der Waals surface area contributed by atoms with E-state index in [1.165, 1.54) is 14.7 Å². The van der Waals surface area contributed by atoms with E-state index in [2.05, 4.69) is 72.8 Å². The molecule has 0 spiro atoms. The van der Waals surface area contributed by atoms with Crippen molar-refractivity contribution in [2.45, 2.75) is 54.3 Å². The third kappa shape index (κ3) is 8.25. The van der Waals surface area contributed by atoms with Gasteiger partial charge in [0.05, 0.1) is 37.2 Å². The Morgan fingerprint density at radius 1 is 0.722 bits per heavy atom. The highest BCUT2D eigenvalue weighted by Gasteiger charge is 2.28. The van der Waals surface area contributed by atoms with Crippen molar-refractivity contribution in [2.75, 3.05) is 26.3 Å². The average molecular weight is 507 g/mol. The summed E-state index contributed by atoms with van der Waals surface area (Å²) in [7, 11) is -0.187. The van der Waals surface area contributed by atoms with Crippen LogP contribution in [0.3, 0.4) is 0 Å². The van der Waals surface area contributed by atoms with Gasteiger partial charge in [0.2, 0.25) is 0 Å². The van der Waals surface area contributed by atoms with Gasteiger partial charge in [0.15, 0.2) is 14.7 Å². The number of benzene rings is 3. The highest BCUT2D eigenvalue weighted by atomic mass is 32.2. The van der Waals surface area contributed by atoms with Crippen LogP contribution in [0.1, 0.15) is 33.3 Å². The molecular formula is C30H36NO4S+. The fraction of sp³-hybridized carbons (Fsp3) is 0.333. The van der Waals surface area contributed by atoms with Crippen molar-refractivity contribution < 1.29 is 19.1 Å². The Hall–Kier alpha value is -3.09. The number of hydrogen-bond donors (Lipinski definition) is 0. The SMILES string of the molecule is CCOC(=O)CN(CC(=O)OCCc1ccc([S+](c2ccccc2)c2ccccc2)cc1)C(C)(C)C. The van der Waals surface area contributed by atoms with Gasteiger partial charge in [0, 0.05) is 12.0 Å².